The van der Waals surface area contributed by atoms with Crippen LogP contribution in [0.2, 0.25) is 11.6 Å². The Labute approximate surface area is 103 Å². The molecular weight excluding hydrogens is 208 g/mol. The van der Waals surface area contributed by atoms with Gasteiger partial charge >= 0.3 is 0 Å². The van der Waals surface area contributed by atoms with Crippen molar-refractivity contribution in [2.45, 2.75) is 75.8 Å². The van der Waals surface area contributed by atoms with Gasteiger partial charge in [-0.25, -0.2) is 0 Å². The van der Waals surface area contributed by atoms with Gasteiger partial charge in [-0.05, 0) is 11.5 Å². The van der Waals surface area contributed by atoms with Crippen molar-refractivity contribution in [1.29, 1.82) is 0 Å². The first-order chi connectivity index (χ1) is 7.90. The third-order valence-electron chi connectivity index (χ3n) is 4.89. The molecule has 0 amide bonds. The van der Waals surface area contributed by atoms with Crippen LogP contribution in [-0.2, 0) is 0 Å². The van der Waals surface area contributed by atoms with E-state index in [1.165, 1.54) is 64.2 Å². The van der Waals surface area contributed by atoms with Gasteiger partial charge < -0.3 is 0 Å². The van der Waals surface area contributed by atoms with Crippen LogP contribution in [0.15, 0.2) is 12.3 Å². The smallest absolute Gasteiger partial charge is 0.0640 e. The average molecular weight is 236 g/mol. The van der Waals surface area contributed by atoms with Gasteiger partial charge in [0.25, 0.3) is 0 Å². The minimum Gasteiger partial charge on any atom is -0.107 e. The first-order valence-corrected chi connectivity index (χ1v) is 9.67. The highest BCUT2D eigenvalue weighted by molar-refractivity contribution is 6.65. The molecule has 0 aromatic rings. The highest BCUT2D eigenvalue weighted by Crippen LogP contribution is 2.37. The van der Waals surface area contributed by atoms with Gasteiger partial charge in [-0.2, -0.15) is 0 Å². The molecule has 0 nitrogen and oxygen atoms in total. The largest absolute Gasteiger partial charge is 0.107 e. The highest BCUT2D eigenvalue weighted by atomic mass is 28.3. The van der Waals surface area contributed by atoms with Crippen LogP contribution in [-0.4, -0.2) is 8.80 Å². The number of rotatable bonds is 4. The van der Waals surface area contributed by atoms with Crippen LogP contribution in [0.3, 0.4) is 0 Å². The van der Waals surface area contributed by atoms with E-state index in [-0.39, 0.29) is 0 Å². The van der Waals surface area contributed by atoms with Gasteiger partial charge in [0.05, 0.1) is 8.80 Å². The van der Waals surface area contributed by atoms with Crippen molar-refractivity contribution in [2.75, 3.05) is 0 Å². The van der Waals surface area contributed by atoms with E-state index in [1.54, 1.807) is 6.04 Å². The second kappa shape index (κ2) is 6.63. The standard InChI is InChI=1S/C15H28Si/c1-2-16(15-11-7-4-8-12-15)13-14-9-5-3-6-10-14/h2,14-16H,1,3-13H2. The van der Waals surface area contributed by atoms with Crippen molar-refractivity contribution in [1.82, 2.24) is 0 Å². The molecule has 0 spiro atoms. The Morgan fingerprint density at radius 3 is 2.00 bits per heavy atom. The average Bonchev–Trinajstić information content (AvgIpc) is 2.38. The van der Waals surface area contributed by atoms with Crippen LogP contribution in [0.1, 0.15) is 64.2 Å². The molecule has 0 aliphatic heterocycles. The van der Waals surface area contributed by atoms with Crippen LogP contribution in [0.25, 0.3) is 0 Å². The molecule has 2 aliphatic carbocycles. The summed E-state index contributed by atoms with van der Waals surface area (Å²) in [5, 5.41) is 0. The van der Waals surface area contributed by atoms with Crippen molar-refractivity contribution in [3.05, 3.63) is 12.3 Å². The molecule has 0 aromatic heterocycles. The molecule has 0 bridgehead atoms. The van der Waals surface area contributed by atoms with E-state index < -0.39 is 8.80 Å². The van der Waals surface area contributed by atoms with Crippen molar-refractivity contribution in [2.24, 2.45) is 5.92 Å². The van der Waals surface area contributed by atoms with E-state index in [4.69, 9.17) is 0 Å². The van der Waals surface area contributed by atoms with E-state index in [9.17, 15) is 0 Å². The summed E-state index contributed by atoms with van der Waals surface area (Å²) in [7, 11) is -0.604. The first kappa shape index (κ1) is 12.4. The molecule has 16 heavy (non-hydrogen) atoms. The van der Waals surface area contributed by atoms with Crippen LogP contribution in [0, 0.1) is 5.92 Å². The minimum absolute atomic E-state index is 0.604. The Morgan fingerprint density at radius 1 is 0.875 bits per heavy atom. The Kier molecular flexibility index (Phi) is 5.15. The van der Waals surface area contributed by atoms with Gasteiger partial charge in [0.15, 0.2) is 0 Å². The van der Waals surface area contributed by atoms with Gasteiger partial charge in [0.1, 0.15) is 0 Å². The summed E-state index contributed by atoms with van der Waals surface area (Å²) in [4.78, 5) is 0. The Hall–Kier alpha value is -0.0431. The van der Waals surface area contributed by atoms with Gasteiger partial charge in [0.2, 0.25) is 0 Å². The molecule has 1 unspecified atom stereocenters. The predicted octanol–water partition coefficient (Wildman–Crippen LogP) is 4.85. The molecule has 0 aromatic carbocycles. The second-order valence-electron chi connectivity index (χ2n) is 6.04. The highest BCUT2D eigenvalue weighted by Gasteiger charge is 2.26. The fourth-order valence-electron chi connectivity index (χ4n) is 3.85. The van der Waals surface area contributed by atoms with E-state index in [1.807, 2.05) is 0 Å². The zero-order valence-corrected chi connectivity index (χ0v) is 11.9. The van der Waals surface area contributed by atoms with Crippen molar-refractivity contribution in [3.63, 3.8) is 0 Å². The summed E-state index contributed by atoms with van der Waals surface area (Å²) in [6, 6.07) is 1.59. The SMILES string of the molecule is C=C[SiH](CC1CCCCC1)C1CCCCC1. The minimum atomic E-state index is -0.604. The molecule has 2 fully saturated rings. The van der Waals surface area contributed by atoms with E-state index >= 15 is 0 Å². The van der Waals surface area contributed by atoms with Gasteiger partial charge in [0, 0.05) is 0 Å². The summed E-state index contributed by atoms with van der Waals surface area (Å²) < 4.78 is 0. The van der Waals surface area contributed by atoms with Crippen molar-refractivity contribution in [3.8, 4) is 0 Å². The van der Waals surface area contributed by atoms with Gasteiger partial charge in [-0.1, -0.05) is 70.3 Å². The van der Waals surface area contributed by atoms with Crippen molar-refractivity contribution < 1.29 is 0 Å². The summed E-state index contributed by atoms with van der Waals surface area (Å²) in [6.45, 7) is 4.16. The molecule has 0 heterocycles. The molecule has 2 aliphatic rings. The lowest BCUT2D eigenvalue weighted by atomic mass is 9.91. The lowest BCUT2D eigenvalue weighted by molar-refractivity contribution is 0.380. The maximum absolute atomic E-state index is 4.16. The van der Waals surface area contributed by atoms with Crippen LogP contribution in [0.5, 0.6) is 0 Å². The Balaban J connectivity index is 1.81. The summed E-state index contributed by atoms with van der Waals surface area (Å²) in [6.07, 6.45) is 15.2. The molecule has 1 heteroatoms. The third kappa shape index (κ3) is 3.48. The van der Waals surface area contributed by atoms with E-state index in [0.29, 0.717) is 0 Å². The zero-order valence-electron chi connectivity index (χ0n) is 10.8. The summed E-state index contributed by atoms with van der Waals surface area (Å²) in [5.41, 5.74) is 3.54. The number of hydrogen-bond donors (Lipinski definition) is 0. The monoisotopic (exact) mass is 236 g/mol. The molecule has 1 atom stereocenters. The fourth-order valence-corrected chi connectivity index (χ4v) is 7.38. The zero-order chi connectivity index (χ0) is 11.2. The van der Waals surface area contributed by atoms with E-state index in [2.05, 4.69) is 12.3 Å². The molecule has 2 rings (SSSR count). The van der Waals surface area contributed by atoms with Crippen LogP contribution < -0.4 is 0 Å². The van der Waals surface area contributed by atoms with Gasteiger partial charge in [-0.3, -0.25) is 0 Å². The molecular formula is C15H28Si. The fraction of sp³-hybridized carbons (Fsp3) is 0.867. The maximum atomic E-state index is 4.16. The van der Waals surface area contributed by atoms with E-state index in [0.717, 1.165) is 11.5 Å². The molecule has 0 saturated heterocycles. The van der Waals surface area contributed by atoms with Crippen LogP contribution >= 0.6 is 0 Å². The van der Waals surface area contributed by atoms with Crippen molar-refractivity contribution >= 4 is 8.80 Å². The molecule has 0 N–H and O–H groups in total. The Bertz CT molecular complexity index is 199. The summed E-state index contributed by atoms with van der Waals surface area (Å²) >= 11 is 0. The second-order valence-corrected chi connectivity index (χ2v) is 9.25. The normalized spacial score (nSPS) is 26.5. The molecule has 92 valence electrons. The third-order valence-corrected chi connectivity index (χ3v) is 8.58. The Morgan fingerprint density at radius 2 is 1.44 bits per heavy atom. The molecule has 0 radical (unpaired) electrons. The maximum Gasteiger partial charge on any atom is 0.0640 e. The lowest BCUT2D eigenvalue weighted by Crippen LogP contribution is -2.24. The topological polar surface area (TPSA) is 0 Å². The first-order valence-electron chi connectivity index (χ1n) is 7.52. The van der Waals surface area contributed by atoms with Crippen LogP contribution in [0.4, 0.5) is 0 Å². The quantitative estimate of drug-likeness (QED) is 0.612. The predicted molar refractivity (Wildman–Crippen MR) is 75.6 cm³/mol. The number of hydrogen-bond acceptors (Lipinski definition) is 0. The molecule has 2 saturated carbocycles. The summed E-state index contributed by atoms with van der Waals surface area (Å²) in [5.74, 6) is 1.09. The van der Waals surface area contributed by atoms with Gasteiger partial charge in [-0.15, -0.1) is 12.3 Å². The lowest BCUT2D eigenvalue weighted by Gasteiger charge is -2.31.